The highest BCUT2D eigenvalue weighted by molar-refractivity contribution is 8.00. The van der Waals surface area contributed by atoms with Crippen molar-refractivity contribution >= 4 is 46.9 Å². The van der Waals surface area contributed by atoms with E-state index < -0.39 is 17.1 Å². The van der Waals surface area contributed by atoms with Gasteiger partial charge in [0.1, 0.15) is 16.7 Å². The van der Waals surface area contributed by atoms with Gasteiger partial charge in [0.25, 0.3) is 11.8 Å². The number of benzene rings is 5. The molecule has 0 saturated heterocycles. The Morgan fingerprint density at radius 1 is 0.750 bits per heavy atom. The number of hydrogen-bond acceptors (Lipinski definition) is 7. The van der Waals surface area contributed by atoms with Gasteiger partial charge in [-0.15, -0.1) is 11.8 Å². The van der Waals surface area contributed by atoms with E-state index in [1.165, 1.54) is 11.8 Å². The van der Waals surface area contributed by atoms with Crippen LogP contribution in [0.4, 0.5) is 11.4 Å². The van der Waals surface area contributed by atoms with Gasteiger partial charge >= 0.3 is 0 Å². The van der Waals surface area contributed by atoms with Gasteiger partial charge in [0.2, 0.25) is 12.7 Å². The number of nitrogens with one attached hydrogen (secondary N) is 3. The molecule has 10 heteroatoms. The molecular weight excluding hydrogens is 627 g/mol. The van der Waals surface area contributed by atoms with Crippen molar-refractivity contribution in [3.8, 4) is 17.2 Å². The van der Waals surface area contributed by atoms with E-state index in [4.69, 9.17) is 14.2 Å². The zero-order chi connectivity index (χ0) is 33.3. The smallest absolute Gasteiger partial charge is 0.272 e. The minimum Gasteiger partial charge on any atom is -0.497 e. The van der Waals surface area contributed by atoms with E-state index in [2.05, 4.69) is 16.0 Å². The zero-order valence-corrected chi connectivity index (χ0v) is 26.7. The fourth-order valence-corrected chi connectivity index (χ4v) is 5.99. The summed E-state index contributed by atoms with van der Waals surface area (Å²) in [6.45, 7) is 0.139. The van der Waals surface area contributed by atoms with Gasteiger partial charge in [-0.2, -0.15) is 0 Å². The van der Waals surface area contributed by atoms with Crippen molar-refractivity contribution < 1.29 is 28.6 Å². The van der Waals surface area contributed by atoms with Gasteiger partial charge in [-0.05, 0) is 71.8 Å². The third-order valence-corrected chi connectivity index (χ3v) is 8.51. The quantitative estimate of drug-likeness (QED) is 0.101. The monoisotopic (exact) mass is 657 g/mol. The first kappa shape index (κ1) is 32.0. The molecule has 0 aromatic heterocycles. The highest BCUT2D eigenvalue weighted by Crippen LogP contribution is 2.39. The molecule has 0 bridgehead atoms. The van der Waals surface area contributed by atoms with Crippen molar-refractivity contribution in [3.05, 3.63) is 150 Å². The van der Waals surface area contributed by atoms with E-state index in [1.807, 2.05) is 42.5 Å². The lowest BCUT2D eigenvalue weighted by atomic mass is 10.1. The number of amides is 3. The predicted molar refractivity (Wildman–Crippen MR) is 186 cm³/mol. The van der Waals surface area contributed by atoms with Crippen molar-refractivity contribution in [1.29, 1.82) is 0 Å². The van der Waals surface area contributed by atoms with Crippen molar-refractivity contribution in [1.82, 2.24) is 5.32 Å². The molecule has 0 fully saturated rings. The first-order valence-electron chi connectivity index (χ1n) is 15.0. The Kier molecular flexibility index (Phi) is 10.0. The molecule has 0 radical (unpaired) electrons. The van der Waals surface area contributed by atoms with E-state index in [9.17, 15) is 14.4 Å². The van der Waals surface area contributed by atoms with Crippen LogP contribution in [-0.2, 0) is 9.59 Å². The Morgan fingerprint density at radius 3 is 2.27 bits per heavy atom. The molecular formula is C38H31N3O6S. The molecule has 1 atom stereocenters. The number of hydrogen-bond donors (Lipinski definition) is 3. The summed E-state index contributed by atoms with van der Waals surface area (Å²) in [4.78, 5) is 41.2. The van der Waals surface area contributed by atoms with Crippen LogP contribution in [0.25, 0.3) is 6.08 Å². The SMILES string of the molecule is COc1cccc(/C=C(\NC(=O)c2ccccc2)C(=O)Nc2cccc(SC(C(=O)Nc3ccc4c(c3)OCO4)c3ccccc3)c2)c1. The molecule has 5 aromatic rings. The Hall–Kier alpha value is -6.00. The fraction of sp³-hybridized carbons (Fsp3) is 0.0789. The Bertz CT molecular complexity index is 1970. The minimum atomic E-state index is -0.615. The summed E-state index contributed by atoms with van der Waals surface area (Å²) < 4.78 is 16.2. The van der Waals surface area contributed by atoms with Gasteiger partial charge < -0.3 is 30.2 Å². The number of fused-ring (bicyclic) bond motifs is 1. The number of anilines is 2. The van der Waals surface area contributed by atoms with Gasteiger partial charge in [0, 0.05) is 27.9 Å². The molecule has 9 nitrogen and oxygen atoms in total. The summed E-state index contributed by atoms with van der Waals surface area (Å²) in [6, 6.07) is 37.7. The second-order valence-electron chi connectivity index (χ2n) is 10.6. The highest BCUT2D eigenvalue weighted by Gasteiger charge is 2.24. The van der Waals surface area contributed by atoms with Crippen molar-refractivity contribution in [2.45, 2.75) is 10.1 Å². The van der Waals surface area contributed by atoms with E-state index >= 15 is 0 Å². The van der Waals surface area contributed by atoms with Crippen LogP contribution in [-0.4, -0.2) is 31.6 Å². The lowest BCUT2D eigenvalue weighted by Gasteiger charge is -2.18. The number of thioether (sulfide) groups is 1. The molecule has 0 spiro atoms. The lowest BCUT2D eigenvalue weighted by molar-refractivity contribution is -0.116. The Morgan fingerprint density at radius 2 is 1.48 bits per heavy atom. The first-order valence-corrected chi connectivity index (χ1v) is 15.9. The van der Waals surface area contributed by atoms with Crippen LogP contribution < -0.4 is 30.2 Å². The average Bonchev–Trinajstić information content (AvgIpc) is 3.59. The summed E-state index contributed by atoms with van der Waals surface area (Å²) in [5, 5.41) is 8.04. The van der Waals surface area contributed by atoms with Gasteiger partial charge in [0.05, 0.1) is 7.11 Å². The Balaban J connectivity index is 1.22. The second-order valence-corrected chi connectivity index (χ2v) is 11.8. The molecule has 0 aliphatic carbocycles. The van der Waals surface area contributed by atoms with Gasteiger partial charge in [-0.1, -0.05) is 66.7 Å². The normalized spacial score (nSPS) is 12.5. The molecule has 0 saturated carbocycles. The predicted octanol–water partition coefficient (Wildman–Crippen LogP) is 7.31. The minimum absolute atomic E-state index is 0.0421. The third-order valence-electron chi connectivity index (χ3n) is 7.26. The molecule has 1 heterocycles. The number of methoxy groups -OCH3 is 1. The van der Waals surface area contributed by atoms with Crippen LogP contribution in [0.2, 0.25) is 0 Å². The molecule has 6 rings (SSSR count). The van der Waals surface area contributed by atoms with E-state index in [0.29, 0.717) is 39.8 Å². The maximum absolute atomic E-state index is 13.7. The number of rotatable bonds is 11. The molecule has 3 N–H and O–H groups in total. The number of ether oxygens (including phenoxy) is 3. The molecule has 240 valence electrons. The fourth-order valence-electron chi connectivity index (χ4n) is 4.90. The van der Waals surface area contributed by atoms with E-state index in [-0.39, 0.29) is 18.4 Å². The highest BCUT2D eigenvalue weighted by atomic mass is 32.2. The van der Waals surface area contributed by atoms with Crippen LogP contribution >= 0.6 is 11.8 Å². The topological polar surface area (TPSA) is 115 Å². The Labute approximate surface area is 281 Å². The molecule has 1 unspecified atom stereocenters. The van der Waals surface area contributed by atoms with Gasteiger partial charge in [0.15, 0.2) is 11.5 Å². The van der Waals surface area contributed by atoms with Crippen molar-refractivity contribution in [2.24, 2.45) is 0 Å². The van der Waals surface area contributed by atoms with Gasteiger partial charge in [-0.25, -0.2) is 0 Å². The van der Waals surface area contributed by atoms with Crippen molar-refractivity contribution in [3.63, 3.8) is 0 Å². The third kappa shape index (κ3) is 8.04. The van der Waals surface area contributed by atoms with Crippen LogP contribution in [0.3, 0.4) is 0 Å². The number of carbonyl (C=O) groups excluding carboxylic acids is 3. The molecule has 3 amide bonds. The zero-order valence-electron chi connectivity index (χ0n) is 25.8. The van der Waals surface area contributed by atoms with Crippen LogP contribution in [0, 0.1) is 0 Å². The van der Waals surface area contributed by atoms with Crippen molar-refractivity contribution in [2.75, 3.05) is 24.5 Å². The van der Waals surface area contributed by atoms with Crippen LogP contribution in [0.1, 0.15) is 26.7 Å². The van der Waals surface area contributed by atoms with Crippen LogP contribution in [0.5, 0.6) is 17.2 Å². The largest absolute Gasteiger partial charge is 0.497 e. The maximum Gasteiger partial charge on any atom is 0.272 e. The summed E-state index contributed by atoms with van der Waals surface area (Å²) in [7, 11) is 1.56. The molecule has 5 aromatic carbocycles. The molecule has 48 heavy (non-hydrogen) atoms. The van der Waals surface area contributed by atoms with E-state index in [0.717, 1.165) is 10.5 Å². The summed E-state index contributed by atoms with van der Waals surface area (Å²) >= 11 is 1.34. The average molecular weight is 658 g/mol. The summed E-state index contributed by atoms with van der Waals surface area (Å²) in [6.07, 6.45) is 1.59. The summed E-state index contributed by atoms with van der Waals surface area (Å²) in [5.41, 5.74) is 2.99. The lowest BCUT2D eigenvalue weighted by Crippen LogP contribution is -2.30. The van der Waals surface area contributed by atoms with E-state index in [1.54, 1.807) is 98.1 Å². The van der Waals surface area contributed by atoms with Crippen LogP contribution in [0.15, 0.2) is 138 Å². The standard InChI is InChI=1S/C38H31N3O6S/c1-45-30-16-8-10-25(20-30)21-32(41-36(42)27-13-6-3-7-14-27)37(43)39-28-15-9-17-31(22-28)48-35(26-11-4-2-5-12-26)38(44)40-29-18-19-33-34(23-29)47-24-46-33/h2-23,35H,24H2,1H3,(H,39,43)(H,40,44)(H,41,42)/b32-21-. The summed E-state index contributed by atoms with van der Waals surface area (Å²) in [5.74, 6) is 0.625. The first-order chi connectivity index (χ1) is 23.4. The molecule has 1 aliphatic heterocycles. The maximum atomic E-state index is 13.7. The second kappa shape index (κ2) is 15.1. The molecule has 1 aliphatic rings. The van der Waals surface area contributed by atoms with Gasteiger partial charge in [-0.3, -0.25) is 14.4 Å². The number of carbonyl (C=O) groups is 3.